The summed E-state index contributed by atoms with van der Waals surface area (Å²) in [4.78, 5) is 10.7. The zero-order valence-electron chi connectivity index (χ0n) is 6.26. The van der Waals surface area contributed by atoms with E-state index < -0.39 is 0 Å². The molecule has 1 saturated carbocycles. The molecule has 2 bridgehead atoms. The van der Waals surface area contributed by atoms with Gasteiger partial charge in [0.25, 0.3) is 0 Å². The fourth-order valence-corrected chi connectivity index (χ4v) is 2.34. The molecule has 2 unspecified atom stereocenters. The molecule has 1 fully saturated rings. The highest BCUT2D eigenvalue weighted by Gasteiger charge is 2.43. The van der Waals surface area contributed by atoms with Crippen LogP contribution in [0, 0.1) is 11.3 Å². The van der Waals surface area contributed by atoms with Crippen LogP contribution in [0.1, 0.15) is 26.2 Å². The summed E-state index contributed by atoms with van der Waals surface area (Å²) in [5.74, 6) is 0.741. The van der Waals surface area contributed by atoms with Crippen LogP contribution in [0.15, 0.2) is 11.6 Å². The molecule has 2 aliphatic rings. The first-order chi connectivity index (χ1) is 4.76. The third-order valence-corrected chi connectivity index (χ3v) is 2.98. The van der Waals surface area contributed by atoms with E-state index in [1.165, 1.54) is 12.0 Å². The van der Waals surface area contributed by atoms with E-state index in [1.54, 1.807) is 0 Å². The number of fused-ring (bicyclic) bond motifs is 2. The predicted octanol–water partition coefficient (Wildman–Crippen LogP) is 1.93. The van der Waals surface area contributed by atoms with Crippen molar-refractivity contribution in [1.82, 2.24) is 0 Å². The molecule has 2 rings (SSSR count). The summed E-state index contributed by atoms with van der Waals surface area (Å²) >= 11 is 0. The molecule has 0 saturated heterocycles. The Morgan fingerprint density at radius 2 is 2.60 bits per heavy atom. The Kier molecular flexibility index (Phi) is 1.05. The fourth-order valence-electron chi connectivity index (χ4n) is 2.34. The van der Waals surface area contributed by atoms with Crippen LogP contribution in [0.3, 0.4) is 0 Å². The third-order valence-electron chi connectivity index (χ3n) is 2.98. The monoisotopic (exact) mass is 136 g/mol. The van der Waals surface area contributed by atoms with Gasteiger partial charge < -0.3 is 4.79 Å². The van der Waals surface area contributed by atoms with Gasteiger partial charge in [-0.2, -0.15) is 0 Å². The van der Waals surface area contributed by atoms with E-state index in [0.29, 0.717) is 0 Å². The molecule has 10 heavy (non-hydrogen) atoms. The molecule has 54 valence electrons. The van der Waals surface area contributed by atoms with Crippen molar-refractivity contribution in [3.05, 3.63) is 11.6 Å². The van der Waals surface area contributed by atoms with Crippen molar-refractivity contribution in [2.45, 2.75) is 26.2 Å². The van der Waals surface area contributed by atoms with Crippen molar-refractivity contribution >= 4 is 6.29 Å². The van der Waals surface area contributed by atoms with Gasteiger partial charge in [0.1, 0.15) is 6.29 Å². The highest BCUT2D eigenvalue weighted by atomic mass is 16.1. The Hall–Kier alpha value is -0.590. The lowest BCUT2D eigenvalue weighted by atomic mass is 9.89. The number of allylic oxidation sites excluding steroid dienone is 2. The minimum Gasteiger partial charge on any atom is -0.302 e. The van der Waals surface area contributed by atoms with Crippen LogP contribution in [0.25, 0.3) is 0 Å². The van der Waals surface area contributed by atoms with Crippen LogP contribution >= 0.6 is 0 Å². The SMILES string of the molecule is CC1=CC2(C=O)CCC1C2. The maximum absolute atomic E-state index is 10.7. The van der Waals surface area contributed by atoms with Crippen LogP contribution in [0.4, 0.5) is 0 Å². The molecule has 2 aliphatic carbocycles. The zero-order chi connectivity index (χ0) is 7.19. The smallest absolute Gasteiger partial charge is 0.129 e. The summed E-state index contributed by atoms with van der Waals surface area (Å²) in [5.41, 5.74) is 1.42. The van der Waals surface area contributed by atoms with Crippen LogP contribution in [0.2, 0.25) is 0 Å². The van der Waals surface area contributed by atoms with Gasteiger partial charge in [-0.3, -0.25) is 0 Å². The van der Waals surface area contributed by atoms with Crippen molar-refractivity contribution in [2.75, 3.05) is 0 Å². The molecule has 0 radical (unpaired) electrons. The first kappa shape index (κ1) is 6.14. The van der Waals surface area contributed by atoms with Gasteiger partial charge in [0.05, 0.1) is 0 Å². The molecule has 0 heterocycles. The second-order valence-corrected chi connectivity index (χ2v) is 3.68. The summed E-state index contributed by atoms with van der Waals surface area (Å²) in [6.07, 6.45) is 6.75. The minimum atomic E-state index is -0.0191. The van der Waals surface area contributed by atoms with Gasteiger partial charge in [-0.05, 0) is 32.1 Å². The van der Waals surface area contributed by atoms with Gasteiger partial charge in [0, 0.05) is 5.41 Å². The van der Waals surface area contributed by atoms with Gasteiger partial charge in [-0.25, -0.2) is 0 Å². The zero-order valence-corrected chi connectivity index (χ0v) is 6.26. The van der Waals surface area contributed by atoms with Crippen LogP contribution in [0.5, 0.6) is 0 Å². The quantitative estimate of drug-likeness (QED) is 0.397. The Bertz CT molecular complexity index is 205. The van der Waals surface area contributed by atoms with Crippen molar-refractivity contribution < 1.29 is 4.79 Å². The molecular formula is C9H12O. The molecule has 0 N–H and O–H groups in total. The first-order valence-corrected chi connectivity index (χ1v) is 3.91. The number of aldehydes is 1. The lowest BCUT2D eigenvalue weighted by Crippen LogP contribution is -2.12. The average molecular weight is 136 g/mol. The number of rotatable bonds is 1. The second-order valence-electron chi connectivity index (χ2n) is 3.68. The molecule has 1 heteroatoms. The summed E-state index contributed by atoms with van der Waals surface area (Å²) < 4.78 is 0. The second kappa shape index (κ2) is 1.71. The van der Waals surface area contributed by atoms with Gasteiger partial charge >= 0.3 is 0 Å². The molecule has 2 atom stereocenters. The standard InChI is InChI=1S/C9H12O/c1-7-4-9(6-10)3-2-8(7)5-9/h4,6,8H,2-3,5H2,1H3. The lowest BCUT2D eigenvalue weighted by Gasteiger charge is -2.14. The molecule has 0 aromatic heterocycles. The summed E-state index contributed by atoms with van der Waals surface area (Å²) in [5, 5.41) is 0. The normalized spacial score (nSPS) is 43.7. The molecule has 1 nitrogen and oxygen atoms in total. The predicted molar refractivity (Wildman–Crippen MR) is 39.6 cm³/mol. The molecule has 0 spiro atoms. The van der Waals surface area contributed by atoms with Crippen molar-refractivity contribution in [2.24, 2.45) is 11.3 Å². The van der Waals surface area contributed by atoms with E-state index in [9.17, 15) is 4.79 Å². The Labute approximate surface area is 61.1 Å². The Morgan fingerprint density at radius 1 is 1.80 bits per heavy atom. The van der Waals surface area contributed by atoms with E-state index >= 15 is 0 Å². The molecule has 0 aliphatic heterocycles. The van der Waals surface area contributed by atoms with Crippen molar-refractivity contribution in [3.8, 4) is 0 Å². The molecule has 0 aromatic carbocycles. The van der Waals surface area contributed by atoms with Crippen molar-refractivity contribution in [3.63, 3.8) is 0 Å². The largest absolute Gasteiger partial charge is 0.302 e. The highest BCUT2D eigenvalue weighted by Crippen LogP contribution is 2.51. The van der Waals surface area contributed by atoms with Crippen molar-refractivity contribution in [1.29, 1.82) is 0 Å². The minimum absolute atomic E-state index is 0.0191. The van der Waals surface area contributed by atoms with Gasteiger partial charge in [0.15, 0.2) is 0 Å². The number of hydrogen-bond acceptors (Lipinski definition) is 1. The van der Waals surface area contributed by atoms with Crippen LogP contribution < -0.4 is 0 Å². The van der Waals surface area contributed by atoms with Gasteiger partial charge in [0.2, 0.25) is 0 Å². The van der Waals surface area contributed by atoms with Gasteiger partial charge in [-0.1, -0.05) is 11.6 Å². The molecule has 0 amide bonds. The molecule has 0 aromatic rings. The third kappa shape index (κ3) is 0.606. The topological polar surface area (TPSA) is 17.1 Å². The molecular weight excluding hydrogens is 124 g/mol. The van der Waals surface area contributed by atoms with Crippen LogP contribution in [-0.4, -0.2) is 6.29 Å². The number of hydrogen-bond donors (Lipinski definition) is 0. The van der Waals surface area contributed by atoms with E-state index in [-0.39, 0.29) is 5.41 Å². The summed E-state index contributed by atoms with van der Waals surface area (Å²) in [7, 11) is 0. The Morgan fingerprint density at radius 3 is 2.90 bits per heavy atom. The van der Waals surface area contributed by atoms with Crippen LogP contribution in [-0.2, 0) is 4.79 Å². The maximum atomic E-state index is 10.7. The number of carbonyl (C=O) groups is 1. The van der Waals surface area contributed by atoms with E-state index in [4.69, 9.17) is 0 Å². The van der Waals surface area contributed by atoms with E-state index in [1.807, 2.05) is 0 Å². The lowest BCUT2D eigenvalue weighted by molar-refractivity contribution is -0.113. The maximum Gasteiger partial charge on any atom is 0.129 e. The summed E-state index contributed by atoms with van der Waals surface area (Å²) in [6, 6.07) is 0. The van der Waals surface area contributed by atoms with Gasteiger partial charge in [-0.15, -0.1) is 0 Å². The van der Waals surface area contributed by atoms with E-state index in [0.717, 1.165) is 25.0 Å². The fraction of sp³-hybridized carbons (Fsp3) is 0.667. The highest BCUT2D eigenvalue weighted by molar-refractivity contribution is 5.65. The summed E-state index contributed by atoms with van der Waals surface area (Å²) in [6.45, 7) is 2.15. The number of carbonyl (C=O) groups excluding carboxylic acids is 1. The first-order valence-electron chi connectivity index (χ1n) is 3.91. The Balaban J connectivity index is 2.37. The average Bonchev–Trinajstić information content (AvgIpc) is 2.45. The van der Waals surface area contributed by atoms with E-state index in [2.05, 4.69) is 13.0 Å².